The molecule has 12 heteroatoms. The van der Waals surface area contributed by atoms with Crippen LogP contribution >= 0.6 is 34.4 Å². The molecule has 9 nitrogen and oxygen atoms in total. The van der Waals surface area contributed by atoms with E-state index in [1.165, 1.54) is 34.4 Å². The lowest BCUT2D eigenvalue weighted by Crippen LogP contribution is -2.42. The molecule has 1 atom stereocenters. The summed E-state index contributed by atoms with van der Waals surface area (Å²) in [7, 11) is 1.57. The lowest BCUT2D eigenvalue weighted by molar-refractivity contribution is -0.118. The standard InChI is InChI=1S/C27H26N6O3S3/c1-27(2)11-18-23(19(34)12-27)22(20-8-5-9-37-20)17(13-28)24(29)33(18)25-31-32-26(39-25)38-14-21(35)30-15-6-4-7-16(10-15)36-3/h4-10,22H,11-12,14,29H2,1-3H3,(H,30,35). The molecule has 39 heavy (non-hydrogen) atoms. The zero-order chi connectivity index (χ0) is 27.7. The number of hydrogen-bond donors (Lipinski definition) is 2. The second-order valence-electron chi connectivity index (χ2n) is 9.92. The van der Waals surface area contributed by atoms with Gasteiger partial charge in [-0.1, -0.05) is 49.1 Å². The van der Waals surface area contributed by atoms with E-state index in [0.717, 1.165) is 10.6 Å². The monoisotopic (exact) mass is 578 g/mol. The minimum atomic E-state index is -0.494. The van der Waals surface area contributed by atoms with Gasteiger partial charge in [0.05, 0.1) is 30.4 Å². The third-order valence-corrected chi connectivity index (χ3v) is 9.45. The molecule has 0 saturated carbocycles. The minimum absolute atomic E-state index is 0.0122. The van der Waals surface area contributed by atoms with E-state index in [4.69, 9.17) is 10.5 Å². The van der Waals surface area contributed by atoms with Crippen LogP contribution in [0.5, 0.6) is 5.75 Å². The third kappa shape index (κ3) is 5.43. The summed E-state index contributed by atoms with van der Waals surface area (Å²) in [4.78, 5) is 28.7. The summed E-state index contributed by atoms with van der Waals surface area (Å²) in [6.07, 6.45) is 0.986. The highest BCUT2D eigenvalue weighted by Crippen LogP contribution is 2.51. The smallest absolute Gasteiger partial charge is 0.234 e. The van der Waals surface area contributed by atoms with Gasteiger partial charge in [-0.05, 0) is 35.4 Å². The van der Waals surface area contributed by atoms with Crippen LogP contribution in [0.25, 0.3) is 0 Å². The zero-order valence-electron chi connectivity index (χ0n) is 21.6. The molecule has 0 saturated heterocycles. The molecule has 0 bridgehead atoms. The number of nitrogens with one attached hydrogen (secondary N) is 1. The first-order valence-electron chi connectivity index (χ1n) is 12.1. The first-order valence-corrected chi connectivity index (χ1v) is 14.8. The number of ether oxygens (including phenoxy) is 1. The van der Waals surface area contributed by atoms with Crippen molar-refractivity contribution in [3.05, 3.63) is 69.3 Å². The van der Waals surface area contributed by atoms with Gasteiger partial charge in [-0.2, -0.15) is 5.26 Å². The van der Waals surface area contributed by atoms with Crippen molar-refractivity contribution in [2.75, 3.05) is 23.1 Å². The van der Waals surface area contributed by atoms with Gasteiger partial charge in [-0.3, -0.25) is 14.5 Å². The average Bonchev–Trinajstić information content (AvgIpc) is 3.59. The first-order chi connectivity index (χ1) is 18.7. The highest BCUT2D eigenvalue weighted by molar-refractivity contribution is 8.01. The van der Waals surface area contributed by atoms with Crippen molar-refractivity contribution in [2.45, 2.75) is 36.9 Å². The number of thioether (sulfide) groups is 1. The summed E-state index contributed by atoms with van der Waals surface area (Å²) in [6, 6.07) is 13.2. The predicted molar refractivity (Wildman–Crippen MR) is 154 cm³/mol. The van der Waals surface area contributed by atoms with Crippen LogP contribution in [-0.2, 0) is 9.59 Å². The number of allylic oxidation sites excluding steroid dienone is 3. The van der Waals surface area contributed by atoms with Crippen molar-refractivity contribution < 1.29 is 14.3 Å². The van der Waals surface area contributed by atoms with Crippen LogP contribution in [0, 0.1) is 16.7 Å². The molecule has 0 radical (unpaired) electrons. The van der Waals surface area contributed by atoms with Gasteiger partial charge in [0.25, 0.3) is 0 Å². The summed E-state index contributed by atoms with van der Waals surface area (Å²) in [6.45, 7) is 4.10. The van der Waals surface area contributed by atoms with Crippen molar-refractivity contribution in [2.24, 2.45) is 11.1 Å². The van der Waals surface area contributed by atoms with E-state index in [-0.39, 0.29) is 28.7 Å². The summed E-state index contributed by atoms with van der Waals surface area (Å²) < 4.78 is 5.77. The summed E-state index contributed by atoms with van der Waals surface area (Å²) in [5, 5.41) is 24.0. The molecule has 1 amide bonds. The number of nitrogens with two attached hydrogens (primary N) is 1. The number of amides is 1. The molecular formula is C27H26N6O3S3. The Labute approximate surface area is 238 Å². The van der Waals surface area contributed by atoms with Crippen LogP contribution in [0.1, 0.15) is 37.5 Å². The Morgan fingerprint density at radius 3 is 2.85 bits per heavy atom. The molecule has 1 aromatic carbocycles. The van der Waals surface area contributed by atoms with Crippen LogP contribution in [-0.4, -0.2) is 34.8 Å². The molecule has 2 aliphatic rings. The number of thiophene rings is 1. The van der Waals surface area contributed by atoms with Gasteiger partial charge in [0.15, 0.2) is 10.1 Å². The van der Waals surface area contributed by atoms with Crippen LogP contribution in [0.2, 0.25) is 0 Å². The molecule has 3 heterocycles. The number of nitrogens with zero attached hydrogens (tertiary/aromatic N) is 4. The molecule has 3 aromatic rings. The summed E-state index contributed by atoms with van der Waals surface area (Å²) >= 11 is 4.02. The van der Waals surface area contributed by atoms with E-state index in [9.17, 15) is 14.9 Å². The third-order valence-electron chi connectivity index (χ3n) is 6.48. The number of nitriles is 1. The van der Waals surface area contributed by atoms with Crippen LogP contribution in [0.4, 0.5) is 10.8 Å². The van der Waals surface area contributed by atoms with E-state index in [0.29, 0.717) is 44.9 Å². The van der Waals surface area contributed by atoms with Gasteiger partial charge >= 0.3 is 0 Å². The largest absolute Gasteiger partial charge is 0.497 e. The lowest BCUT2D eigenvalue weighted by atomic mass is 9.70. The maximum absolute atomic E-state index is 13.5. The van der Waals surface area contributed by atoms with Crippen molar-refractivity contribution in [1.82, 2.24) is 10.2 Å². The van der Waals surface area contributed by atoms with Crippen LogP contribution in [0.15, 0.2) is 68.8 Å². The second kappa shape index (κ2) is 10.8. The van der Waals surface area contributed by atoms with E-state index < -0.39 is 5.92 Å². The molecule has 200 valence electrons. The highest BCUT2D eigenvalue weighted by atomic mass is 32.2. The molecular weight excluding hydrogens is 553 g/mol. The molecule has 2 aromatic heterocycles. The van der Waals surface area contributed by atoms with Crippen molar-refractivity contribution in [1.29, 1.82) is 5.26 Å². The Hall–Kier alpha value is -3.66. The molecule has 3 N–H and O–H groups in total. The van der Waals surface area contributed by atoms with Gasteiger partial charge < -0.3 is 15.8 Å². The fraction of sp³-hybridized carbons (Fsp3) is 0.296. The van der Waals surface area contributed by atoms with Crippen LogP contribution < -0.4 is 20.7 Å². The highest BCUT2D eigenvalue weighted by Gasteiger charge is 2.45. The molecule has 5 rings (SSSR count). The number of carbonyl (C=O) groups excluding carboxylic acids is 2. The van der Waals surface area contributed by atoms with Gasteiger partial charge in [0.1, 0.15) is 11.6 Å². The SMILES string of the molecule is COc1cccc(NC(=O)CSc2nnc(N3C(N)=C(C#N)C(c4cccs4)C4=C3CC(C)(C)CC4=O)s2)c1. The number of carbonyl (C=O) groups is 2. The molecule has 1 aliphatic carbocycles. The topological polar surface area (TPSA) is 134 Å². The molecule has 0 fully saturated rings. The number of Topliss-reactive ketones (excluding diaryl/α,β-unsaturated/α-hetero) is 1. The first kappa shape index (κ1) is 26.9. The zero-order valence-corrected chi connectivity index (χ0v) is 24.0. The summed E-state index contributed by atoms with van der Waals surface area (Å²) in [5.74, 6) is 0.351. The average molecular weight is 579 g/mol. The lowest BCUT2D eigenvalue weighted by Gasteiger charge is -2.42. The maximum atomic E-state index is 13.5. The van der Waals surface area contributed by atoms with Gasteiger partial charge in [0.2, 0.25) is 11.0 Å². The fourth-order valence-corrected chi connectivity index (χ4v) is 7.37. The molecule has 0 spiro atoms. The molecule has 1 aliphatic heterocycles. The maximum Gasteiger partial charge on any atom is 0.234 e. The Morgan fingerprint density at radius 2 is 2.13 bits per heavy atom. The second-order valence-corrected chi connectivity index (χ2v) is 13.1. The quantitative estimate of drug-likeness (QED) is 0.359. The number of anilines is 2. The number of ketones is 1. The molecule has 1 unspecified atom stereocenters. The van der Waals surface area contributed by atoms with E-state index in [2.05, 4.69) is 35.4 Å². The van der Waals surface area contributed by atoms with Crippen molar-refractivity contribution in [3.63, 3.8) is 0 Å². The number of aromatic nitrogens is 2. The summed E-state index contributed by atoms with van der Waals surface area (Å²) in [5.41, 5.74) is 8.69. The Morgan fingerprint density at radius 1 is 1.31 bits per heavy atom. The normalized spacial score (nSPS) is 18.6. The van der Waals surface area contributed by atoms with E-state index >= 15 is 0 Å². The number of rotatable bonds is 7. The van der Waals surface area contributed by atoms with E-state index in [1.54, 1.807) is 36.3 Å². The van der Waals surface area contributed by atoms with Crippen molar-refractivity contribution in [3.8, 4) is 11.8 Å². The van der Waals surface area contributed by atoms with Gasteiger partial charge in [-0.15, -0.1) is 21.5 Å². The van der Waals surface area contributed by atoms with Crippen LogP contribution in [0.3, 0.4) is 0 Å². The minimum Gasteiger partial charge on any atom is -0.497 e. The number of benzene rings is 1. The Balaban J connectivity index is 1.42. The van der Waals surface area contributed by atoms with Gasteiger partial charge in [-0.25, -0.2) is 0 Å². The Bertz CT molecular complexity index is 1530. The fourth-order valence-electron chi connectivity index (χ4n) is 4.84. The van der Waals surface area contributed by atoms with Crippen molar-refractivity contribution >= 4 is 56.9 Å². The Kier molecular flexibility index (Phi) is 7.48. The number of hydrogen-bond acceptors (Lipinski definition) is 11. The van der Waals surface area contributed by atoms with Gasteiger partial charge in [0, 0.05) is 34.3 Å². The predicted octanol–water partition coefficient (Wildman–Crippen LogP) is 5.28. The number of methoxy groups -OCH3 is 1. The van der Waals surface area contributed by atoms with E-state index in [1.807, 2.05) is 17.5 Å².